The van der Waals surface area contributed by atoms with E-state index in [1.165, 1.54) is 18.4 Å². The Labute approximate surface area is 109 Å². The fourth-order valence-electron chi connectivity index (χ4n) is 2.19. The lowest BCUT2D eigenvalue weighted by molar-refractivity contribution is 0.516. The molecule has 1 aromatic heterocycles. The van der Waals surface area contributed by atoms with Crippen LogP contribution in [0.5, 0.6) is 0 Å². The van der Waals surface area contributed by atoms with Gasteiger partial charge in [0.1, 0.15) is 0 Å². The van der Waals surface area contributed by atoms with Crippen molar-refractivity contribution in [3.63, 3.8) is 0 Å². The molecule has 1 atom stereocenters. The van der Waals surface area contributed by atoms with Crippen molar-refractivity contribution in [2.24, 2.45) is 0 Å². The first-order chi connectivity index (χ1) is 7.84. The first kappa shape index (κ1) is 14.0. The molecule has 4 heteroatoms. The molecular weight excluding hydrogens is 234 g/mol. The first-order valence-corrected chi connectivity index (χ1v) is 6.07. The maximum absolute atomic E-state index is 7.72. The Morgan fingerprint density at radius 3 is 2.82 bits per heavy atom. The largest absolute Gasteiger partial charge is 0.371 e. The van der Waals surface area contributed by atoms with Crippen LogP contribution in [0.1, 0.15) is 37.7 Å². The van der Waals surface area contributed by atoms with Gasteiger partial charge in [-0.1, -0.05) is 6.42 Å². The lowest BCUT2D eigenvalue weighted by atomic mass is 10.0. The first-order valence-electron chi connectivity index (χ1n) is 6.07. The maximum Gasteiger partial charge on any atom is 0.0933 e. The summed E-state index contributed by atoms with van der Waals surface area (Å²) < 4.78 is 0. The minimum absolute atomic E-state index is 0. The molecule has 94 valence electrons. The summed E-state index contributed by atoms with van der Waals surface area (Å²) in [6, 6.07) is 4.63. The van der Waals surface area contributed by atoms with Gasteiger partial charge in [-0.2, -0.15) is 0 Å². The summed E-state index contributed by atoms with van der Waals surface area (Å²) in [7, 11) is 0. The fraction of sp³-hybridized carbons (Fsp3) is 0.538. The number of hydrogen-bond acceptors (Lipinski definition) is 2. The van der Waals surface area contributed by atoms with Crippen molar-refractivity contribution in [3.8, 4) is 0 Å². The van der Waals surface area contributed by atoms with Crippen molar-refractivity contribution in [2.75, 3.05) is 0 Å². The third-order valence-electron chi connectivity index (χ3n) is 3.14. The van der Waals surface area contributed by atoms with Gasteiger partial charge in [-0.15, -0.1) is 12.4 Å². The molecule has 2 N–H and O–H groups in total. The molecule has 1 aliphatic heterocycles. The van der Waals surface area contributed by atoms with Crippen LogP contribution < -0.4 is 5.32 Å². The smallest absolute Gasteiger partial charge is 0.0933 e. The standard InChI is InChI=1S/C13H19N3.ClH/c14-13-4-2-1-3-12(16-13)6-5-11-7-9-15-10-8-11;/h7-10,12H,1-6H2,(H2,14,16);1H. The Hall–Kier alpha value is -1.09. The molecule has 0 saturated carbocycles. The predicted octanol–water partition coefficient (Wildman–Crippen LogP) is 2.95. The molecule has 2 heterocycles. The highest BCUT2D eigenvalue weighted by atomic mass is 35.5. The van der Waals surface area contributed by atoms with Crippen LogP contribution in [0.25, 0.3) is 0 Å². The topological polar surface area (TPSA) is 48.8 Å². The lowest BCUT2D eigenvalue weighted by Crippen LogP contribution is -2.32. The molecule has 1 aliphatic rings. The van der Waals surface area contributed by atoms with Gasteiger partial charge in [0.2, 0.25) is 0 Å². The third-order valence-corrected chi connectivity index (χ3v) is 3.14. The Bertz CT molecular complexity index is 340. The molecule has 3 nitrogen and oxygen atoms in total. The number of nitrogens with zero attached hydrogens (tertiary/aromatic N) is 1. The van der Waals surface area contributed by atoms with Gasteiger partial charge in [0, 0.05) is 24.9 Å². The highest BCUT2D eigenvalue weighted by molar-refractivity contribution is 5.85. The summed E-state index contributed by atoms with van der Waals surface area (Å²) in [5.41, 5.74) is 1.34. The van der Waals surface area contributed by atoms with E-state index in [0.29, 0.717) is 6.04 Å². The van der Waals surface area contributed by atoms with Gasteiger partial charge in [-0.05, 0) is 43.4 Å². The molecule has 1 saturated heterocycles. The van der Waals surface area contributed by atoms with Gasteiger partial charge >= 0.3 is 0 Å². The van der Waals surface area contributed by atoms with Crippen LogP contribution in [-0.4, -0.2) is 16.9 Å². The van der Waals surface area contributed by atoms with Crippen molar-refractivity contribution in [1.82, 2.24) is 10.3 Å². The van der Waals surface area contributed by atoms with E-state index in [9.17, 15) is 0 Å². The number of aryl methyl sites for hydroxylation is 1. The van der Waals surface area contributed by atoms with Crippen LogP contribution in [0.2, 0.25) is 0 Å². The van der Waals surface area contributed by atoms with E-state index in [2.05, 4.69) is 22.4 Å². The number of hydrogen-bond donors (Lipinski definition) is 2. The second-order valence-corrected chi connectivity index (χ2v) is 4.46. The van der Waals surface area contributed by atoms with E-state index >= 15 is 0 Å². The van der Waals surface area contributed by atoms with Gasteiger partial charge in [-0.3, -0.25) is 10.4 Å². The zero-order valence-electron chi connectivity index (χ0n) is 9.98. The minimum Gasteiger partial charge on any atom is -0.371 e. The van der Waals surface area contributed by atoms with Crippen LogP contribution in [0.4, 0.5) is 0 Å². The van der Waals surface area contributed by atoms with Gasteiger partial charge in [0.15, 0.2) is 0 Å². The number of nitrogens with one attached hydrogen (secondary N) is 2. The van der Waals surface area contributed by atoms with E-state index in [1.807, 2.05) is 12.4 Å². The van der Waals surface area contributed by atoms with Crippen molar-refractivity contribution in [3.05, 3.63) is 30.1 Å². The van der Waals surface area contributed by atoms with Gasteiger partial charge in [0.05, 0.1) is 5.84 Å². The summed E-state index contributed by atoms with van der Waals surface area (Å²) in [6.07, 6.45) is 10.4. The second kappa shape index (κ2) is 7.28. The Morgan fingerprint density at radius 2 is 2.06 bits per heavy atom. The fourth-order valence-corrected chi connectivity index (χ4v) is 2.19. The highest BCUT2D eigenvalue weighted by Crippen LogP contribution is 2.14. The Kier molecular flexibility index (Phi) is 5.98. The summed E-state index contributed by atoms with van der Waals surface area (Å²) in [6.45, 7) is 0. The maximum atomic E-state index is 7.72. The number of halogens is 1. The van der Waals surface area contributed by atoms with Crippen LogP contribution in [0.3, 0.4) is 0 Å². The molecule has 0 radical (unpaired) electrons. The number of rotatable bonds is 3. The molecular formula is C13H20ClN3. The molecule has 0 aliphatic carbocycles. The van der Waals surface area contributed by atoms with E-state index in [-0.39, 0.29) is 12.4 Å². The predicted molar refractivity (Wildman–Crippen MR) is 72.9 cm³/mol. The van der Waals surface area contributed by atoms with E-state index in [0.717, 1.165) is 31.5 Å². The quantitative estimate of drug-likeness (QED) is 0.870. The van der Waals surface area contributed by atoms with E-state index < -0.39 is 0 Å². The third kappa shape index (κ3) is 4.73. The molecule has 0 amide bonds. The van der Waals surface area contributed by atoms with Crippen molar-refractivity contribution in [1.29, 1.82) is 5.41 Å². The van der Waals surface area contributed by atoms with Crippen molar-refractivity contribution < 1.29 is 0 Å². The molecule has 1 unspecified atom stereocenters. The van der Waals surface area contributed by atoms with E-state index in [4.69, 9.17) is 5.41 Å². The second-order valence-electron chi connectivity index (χ2n) is 4.46. The summed E-state index contributed by atoms with van der Waals surface area (Å²) in [5.74, 6) is 0.720. The van der Waals surface area contributed by atoms with Gasteiger partial charge < -0.3 is 5.32 Å². The summed E-state index contributed by atoms with van der Waals surface area (Å²) >= 11 is 0. The van der Waals surface area contributed by atoms with Crippen LogP contribution in [0, 0.1) is 5.41 Å². The molecule has 0 spiro atoms. The van der Waals surface area contributed by atoms with Crippen molar-refractivity contribution >= 4 is 18.2 Å². The zero-order chi connectivity index (χ0) is 11.2. The molecule has 0 aromatic carbocycles. The molecule has 17 heavy (non-hydrogen) atoms. The summed E-state index contributed by atoms with van der Waals surface area (Å²) in [5, 5.41) is 11.0. The Balaban J connectivity index is 0.00000144. The van der Waals surface area contributed by atoms with E-state index in [1.54, 1.807) is 0 Å². The monoisotopic (exact) mass is 253 g/mol. The minimum atomic E-state index is 0. The normalized spacial score (nSPS) is 20.0. The van der Waals surface area contributed by atoms with Crippen LogP contribution in [0.15, 0.2) is 24.5 Å². The number of pyridine rings is 1. The average Bonchev–Trinajstić information content (AvgIpc) is 2.52. The zero-order valence-corrected chi connectivity index (χ0v) is 10.8. The molecule has 1 aromatic rings. The van der Waals surface area contributed by atoms with Gasteiger partial charge in [-0.25, -0.2) is 0 Å². The molecule has 0 bridgehead atoms. The van der Waals surface area contributed by atoms with Crippen LogP contribution >= 0.6 is 12.4 Å². The lowest BCUT2D eigenvalue weighted by Gasteiger charge is -2.16. The van der Waals surface area contributed by atoms with Crippen molar-refractivity contribution in [2.45, 2.75) is 44.6 Å². The SMILES string of the molecule is Cl.N=C1CCCCC(CCc2ccncc2)N1. The molecule has 1 fully saturated rings. The Morgan fingerprint density at radius 1 is 1.29 bits per heavy atom. The van der Waals surface area contributed by atoms with Gasteiger partial charge in [0.25, 0.3) is 0 Å². The molecule has 2 rings (SSSR count). The summed E-state index contributed by atoms with van der Waals surface area (Å²) in [4.78, 5) is 4.02. The number of aromatic nitrogens is 1. The number of amidine groups is 1. The highest BCUT2D eigenvalue weighted by Gasteiger charge is 2.13. The average molecular weight is 254 g/mol. The van der Waals surface area contributed by atoms with Crippen LogP contribution in [-0.2, 0) is 6.42 Å².